The van der Waals surface area contributed by atoms with Gasteiger partial charge in [0.25, 0.3) is 0 Å². The number of phenols is 3. The Morgan fingerprint density at radius 1 is 1.00 bits per heavy atom. The van der Waals surface area contributed by atoms with Gasteiger partial charge in [0.05, 0.1) is 11.1 Å². The van der Waals surface area contributed by atoms with Gasteiger partial charge in [0.1, 0.15) is 17.3 Å². The molecule has 1 heterocycles. The first kappa shape index (κ1) is 15.2. The van der Waals surface area contributed by atoms with Crippen LogP contribution in [0.3, 0.4) is 0 Å². The molecule has 3 aromatic rings. The Hall–Kier alpha value is -3.68. The third kappa shape index (κ3) is 2.68. The molecule has 5 N–H and O–H groups in total. The number of aromatic hydroxyl groups is 3. The van der Waals surface area contributed by atoms with Crippen LogP contribution in [0.2, 0.25) is 0 Å². The molecule has 0 saturated carbocycles. The molecule has 0 spiro atoms. The number of hydrogen-bond donors (Lipinski definition) is 5. The maximum absolute atomic E-state index is 12.2. The minimum atomic E-state index is -1.36. The molecule has 0 atom stereocenters. The van der Waals surface area contributed by atoms with E-state index in [1.807, 2.05) is 0 Å². The van der Waals surface area contributed by atoms with Crippen molar-refractivity contribution in [3.05, 3.63) is 46.6 Å². The lowest BCUT2D eigenvalue weighted by molar-refractivity contribution is 0.210. The molecule has 3 rings (SSSR count). The molecule has 0 aliphatic rings. The van der Waals surface area contributed by atoms with E-state index in [2.05, 4.69) is 5.32 Å². The molecule has 1 aromatic heterocycles. The summed E-state index contributed by atoms with van der Waals surface area (Å²) in [6.07, 6.45) is -1.36. The highest BCUT2D eigenvalue weighted by atomic mass is 16.4. The van der Waals surface area contributed by atoms with Crippen LogP contribution in [0.5, 0.6) is 17.2 Å². The number of rotatable bonds is 2. The van der Waals surface area contributed by atoms with Crippen molar-refractivity contribution in [2.45, 2.75) is 0 Å². The summed E-state index contributed by atoms with van der Waals surface area (Å²) in [7, 11) is 0. The van der Waals surface area contributed by atoms with Crippen molar-refractivity contribution >= 4 is 22.7 Å². The Bertz CT molecular complexity index is 1020. The van der Waals surface area contributed by atoms with Gasteiger partial charge >= 0.3 is 6.09 Å². The third-order valence-electron chi connectivity index (χ3n) is 3.30. The molecule has 122 valence electrons. The van der Waals surface area contributed by atoms with E-state index in [1.165, 1.54) is 12.1 Å². The minimum absolute atomic E-state index is 0.00303. The van der Waals surface area contributed by atoms with Crippen LogP contribution in [0.1, 0.15) is 0 Å². The molecule has 0 bridgehead atoms. The second kappa shape index (κ2) is 5.51. The first-order valence-corrected chi connectivity index (χ1v) is 6.68. The van der Waals surface area contributed by atoms with Crippen LogP contribution in [-0.4, -0.2) is 26.5 Å². The lowest BCUT2D eigenvalue weighted by Gasteiger charge is -2.10. The van der Waals surface area contributed by atoms with Crippen molar-refractivity contribution in [2.75, 3.05) is 5.32 Å². The maximum Gasteiger partial charge on any atom is 0.409 e. The van der Waals surface area contributed by atoms with Crippen LogP contribution in [-0.2, 0) is 0 Å². The van der Waals surface area contributed by atoms with E-state index >= 15 is 0 Å². The van der Waals surface area contributed by atoms with E-state index < -0.39 is 17.3 Å². The Labute approximate surface area is 133 Å². The normalized spacial score (nSPS) is 10.7. The fourth-order valence-corrected chi connectivity index (χ4v) is 2.32. The summed E-state index contributed by atoms with van der Waals surface area (Å²) in [5, 5.41) is 39.8. The highest BCUT2D eigenvalue weighted by Gasteiger charge is 2.15. The standard InChI is InChI=1S/C16H11NO7/c18-7-1-2-9(11(4-7)17-16(22)23)14-6-12(20)10-3-8(19)5-13(21)15(10)24-14/h1-6,17-19,21H,(H,22,23). The van der Waals surface area contributed by atoms with Crippen LogP contribution in [0.4, 0.5) is 10.5 Å². The van der Waals surface area contributed by atoms with Gasteiger partial charge in [-0.3, -0.25) is 10.1 Å². The van der Waals surface area contributed by atoms with E-state index in [0.717, 1.165) is 24.3 Å². The number of anilines is 1. The van der Waals surface area contributed by atoms with Gasteiger partial charge in [-0.25, -0.2) is 4.79 Å². The van der Waals surface area contributed by atoms with Crippen molar-refractivity contribution in [2.24, 2.45) is 0 Å². The Balaban J connectivity index is 2.28. The third-order valence-corrected chi connectivity index (χ3v) is 3.30. The molecule has 8 heteroatoms. The zero-order valence-electron chi connectivity index (χ0n) is 12.0. The van der Waals surface area contributed by atoms with E-state index in [4.69, 9.17) is 9.52 Å². The number of phenolic OH excluding ortho intramolecular Hbond substituents is 3. The van der Waals surface area contributed by atoms with Gasteiger partial charge in [-0.05, 0) is 18.2 Å². The summed E-state index contributed by atoms with van der Waals surface area (Å²) >= 11 is 0. The zero-order chi connectivity index (χ0) is 17.4. The van der Waals surface area contributed by atoms with Gasteiger partial charge in [0, 0.05) is 23.8 Å². The number of fused-ring (bicyclic) bond motifs is 1. The first-order valence-electron chi connectivity index (χ1n) is 6.68. The molecule has 1 amide bonds. The Morgan fingerprint density at radius 3 is 2.46 bits per heavy atom. The van der Waals surface area contributed by atoms with E-state index in [0.29, 0.717) is 0 Å². The summed E-state index contributed by atoms with van der Waals surface area (Å²) in [4.78, 5) is 23.1. The van der Waals surface area contributed by atoms with Gasteiger partial charge in [0.2, 0.25) is 0 Å². The molecule has 0 aliphatic carbocycles. The lowest BCUT2D eigenvalue weighted by Crippen LogP contribution is -2.09. The molecule has 0 aliphatic heterocycles. The summed E-state index contributed by atoms with van der Waals surface area (Å²) < 4.78 is 5.50. The van der Waals surface area contributed by atoms with Crippen LogP contribution in [0.25, 0.3) is 22.3 Å². The number of nitrogens with one attached hydrogen (secondary N) is 1. The number of benzene rings is 2. The first-order chi connectivity index (χ1) is 11.3. The SMILES string of the molecule is O=C(O)Nc1cc(O)ccc1-c1cc(=O)c2cc(O)cc(O)c2o1. The highest BCUT2D eigenvalue weighted by molar-refractivity contribution is 5.91. The van der Waals surface area contributed by atoms with Gasteiger partial charge in [0.15, 0.2) is 16.8 Å². The molecule has 0 fully saturated rings. The second-order valence-electron chi connectivity index (χ2n) is 4.98. The van der Waals surface area contributed by atoms with Gasteiger partial charge < -0.3 is 24.8 Å². The molecule has 0 saturated heterocycles. The quantitative estimate of drug-likeness (QED) is 0.487. The van der Waals surface area contributed by atoms with Crippen LogP contribution in [0, 0.1) is 0 Å². The van der Waals surface area contributed by atoms with Crippen LogP contribution in [0.15, 0.2) is 45.6 Å². The summed E-state index contributed by atoms with van der Waals surface area (Å²) in [6.45, 7) is 0. The van der Waals surface area contributed by atoms with Gasteiger partial charge in [-0.15, -0.1) is 0 Å². The lowest BCUT2D eigenvalue weighted by atomic mass is 10.1. The number of hydrogen-bond acceptors (Lipinski definition) is 6. The Kier molecular flexibility index (Phi) is 3.49. The largest absolute Gasteiger partial charge is 0.508 e. The number of carbonyl (C=O) groups is 1. The number of amides is 1. The van der Waals surface area contributed by atoms with Gasteiger partial charge in [-0.2, -0.15) is 0 Å². The van der Waals surface area contributed by atoms with E-state index in [1.54, 1.807) is 0 Å². The monoisotopic (exact) mass is 329 g/mol. The zero-order valence-corrected chi connectivity index (χ0v) is 12.0. The fraction of sp³-hybridized carbons (Fsp3) is 0. The van der Waals surface area contributed by atoms with Crippen molar-refractivity contribution in [3.8, 4) is 28.6 Å². The average Bonchev–Trinajstić information content (AvgIpc) is 2.47. The average molecular weight is 329 g/mol. The summed E-state index contributed by atoms with van der Waals surface area (Å²) in [5.74, 6) is -0.927. The molecule has 8 nitrogen and oxygen atoms in total. The molecular formula is C16H11NO7. The maximum atomic E-state index is 12.2. The van der Waals surface area contributed by atoms with Crippen molar-refractivity contribution in [1.29, 1.82) is 0 Å². The predicted octanol–water partition coefficient (Wildman–Crippen LogP) is 2.67. The second-order valence-corrected chi connectivity index (χ2v) is 4.98. The van der Waals surface area contributed by atoms with Gasteiger partial charge in [-0.1, -0.05) is 0 Å². The van der Waals surface area contributed by atoms with Crippen molar-refractivity contribution in [1.82, 2.24) is 0 Å². The summed E-state index contributed by atoms with van der Waals surface area (Å²) in [5.41, 5.74) is -0.485. The van der Waals surface area contributed by atoms with E-state index in [9.17, 15) is 24.9 Å². The van der Waals surface area contributed by atoms with Crippen LogP contribution < -0.4 is 10.7 Å². The molecular weight excluding hydrogens is 318 g/mol. The minimum Gasteiger partial charge on any atom is -0.508 e. The van der Waals surface area contributed by atoms with Crippen LogP contribution >= 0.6 is 0 Å². The predicted molar refractivity (Wildman–Crippen MR) is 84.6 cm³/mol. The summed E-state index contributed by atoms with van der Waals surface area (Å²) in [6, 6.07) is 7.08. The molecule has 2 aromatic carbocycles. The van der Waals surface area contributed by atoms with Crippen molar-refractivity contribution in [3.63, 3.8) is 0 Å². The highest BCUT2D eigenvalue weighted by Crippen LogP contribution is 2.35. The molecule has 0 radical (unpaired) electrons. The molecule has 24 heavy (non-hydrogen) atoms. The Morgan fingerprint density at radius 2 is 1.75 bits per heavy atom. The topological polar surface area (TPSA) is 140 Å². The number of carboxylic acid groups (broad SMARTS) is 1. The van der Waals surface area contributed by atoms with Crippen molar-refractivity contribution < 1.29 is 29.6 Å². The smallest absolute Gasteiger partial charge is 0.409 e. The van der Waals surface area contributed by atoms with E-state index in [-0.39, 0.29) is 39.5 Å². The molecule has 0 unspecified atom stereocenters. The fourth-order valence-electron chi connectivity index (χ4n) is 2.32.